The van der Waals surface area contributed by atoms with Crippen LogP contribution in [-0.4, -0.2) is 31.1 Å². The van der Waals surface area contributed by atoms with Crippen molar-refractivity contribution in [2.24, 2.45) is 0 Å². The molecule has 5 nitrogen and oxygen atoms in total. The Labute approximate surface area is 113 Å². The fraction of sp³-hybridized carbons (Fsp3) is 0.429. The number of hydrogen-bond donors (Lipinski definition) is 2. The zero-order valence-corrected chi connectivity index (χ0v) is 11.7. The third-order valence-corrected chi connectivity index (χ3v) is 2.75. The molecule has 0 aliphatic rings. The van der Waals surface area contributed by atoms with Crippen molar-refractivity contribution in [1.82, 2.24) is 5.32 Å². The van der Waals surface area contributed by atoms with Crippen molar-refractivity contribution in [1.29, 1.82) is 0 Å². The van der Waals surface area contributed by atoms with Crippen LogP contribution in [0.15, 0.2) is 24.3 Å². The van der Waals surface area contributed by atoms with Gasteiger partial charge in [0, 0.05) is 5.69 Å². The predicted molar refractivity (Wildman–Crippen MR) is 74.2 cm³/mol. The molecule has 0 aliphatic heterocycles. The number of rotatable bonds is 5. The van der Waals surface area contributed by atoms with E-state index in [1.54, 1.807) is 24.3 Å². The minimum atomic E-state index is -0.643. The van der Waals surface area contributed by atoms with Crippen molar-refractivity contribution in [3.63, 3.8) is 0 Å². The number of hydrogen-bond acceptors (Lipinski definition) is 4. The molecule has 0 radical (unpaired) electrons. The van der Waals surface area contributed by atoms with Gasteiger partial charge >= 0.3 is 5.97 Å². The predicted octanol–water partition coefficient (Wildman–Crippen LogP) is 1.80. The Hall–Kier alpha value is -1.88. The maximum Gasteiger partial charge on any atom is 0.337 e. The van der Waals surface area contributed by atoms with Crippen LogP contribution in [0.25, 0.3) is 0 Å². The zero-order valence-electron chi connectivity index (χ0n) is 11.7. The lowest BCUT2D eigenvalue weighted by Gasteiger charge is -2.24. The minimum Gasteiger partial charge on any atom is -0.465 e. The SMILES string of the molecule is CCNC(C)(C)C(=O)Nc1ccc(C(=O)OC)cc1. The van der Waals surface area contributed by atoms with Crippen LogP contribution < -0.4 is 10.6 Å². The van der Waals surface area contributed by atoms with Crippen molar-refractivity contribution >= 4 is 17.6 Å². The fourth-order valence-electron chi connectivity index (χ4n) is 1.62. The lowest BCUT2D eigenvalue weighted by Crippen LogP contribution is -2.49. The van der Waals surface area contributed by atoms with Gasteiger partial charge in [-0.25, -0.2) is 4.79 Å². The van der Waals surface area contributed by atoms with E-state index in [2.05, 4.69) is 15.4 Å². The van der Waals surface area contributed by atoms with Crippen molar-refractivity contribution in [3.8, 4) is 0 Å². The molecule has 104 valence electrons. The molecular weight excluding hydrogens is 244 g/mol. The normalized spacial score (nSPS) is 10.9. The van der Waals surface area contributed by atoms with Crippen LogP contribution in [0.4, 0.5) is 5.69 Å². The topological polar surface area (TPSA) is 67.4 Å². The summed E-state index contributed by atoms with van der Waals surface area (Å²) in [5.41, 5.74) is 0.450. The molecule has 1 aromatic carbocycles. The summed E-state index contributed by atoms with van der Waals surface area (Å²) in [6.07, 6.45) is 0. The zero-order chi connectivity index (χ0) is 14.5. The fourth-order valence-corrected chi connectivity index (χ4v) is 1.62. The van der Waals surface area contributed by atoms with Crippen LogP contribution >= 0.6 is 0 Å². The first-order valence-corrected chi connectivity index (χ1v) is 6.15. The van der Waals surface area contributed by atoms with Gasteiger partial charge in [-0.1, -0.05) is 6.92 Å². The average molecular weight is 264 g/mol. The monoisotopic (exact) mass is 264 g/mol. The van der Waals surface area contributed by atoms with Crippen LogP contribution in [0, 0.1) is 0 Å². The molecular formula is C14H20N2O3. The number of benzene rings is 1. The molecule has 1 amide bonds. The van der Waals surface area contributed by atoms with Gasteiger partial charge in [0.05, 0.1) is 18.2 Å². The molecule has 0 saturated heterocycles. The van der Waals surface area contributed by atoms with Gasteiger partial charge in [0.2, 0.25) is 5.91 Å². The molecule has 0 spiro atoms. The first-order valence-electron chi connectivity index (χ1n) is 6.15. The molecule has 0 heterocycles. The van der Waals surface area contributed by atoms with Gasteiger partial charge in [-0.2, -0.15) is 0 Å². The third kappa shape index (κ3) is 4.06. The highest BCUT2D eigenvalue weighted by atomic mass is 16.5. The van der Waals surface area contributed by atoms with Crippen molar-refractivity contribution in [2.45, 2.75) is 26.3 Å². The second kappa shape index (κ2) is 6.33. The molecule has 0 unspecified atom stereocenters. The number of anilines is 1. The van der Waals surface area contributed by atoms with Gasteiger partial charge < -0.3 is 15.4 Å². The Kier molecular flexibility index (Phi) is 5.06. The molecule has 0 saturated carbocycles. The summed E-state index contributed by atoms with van der Waals surface area (Å²) in [5, 5.41) is 5.89. The summed E-state index contributed by atoms with van der Waals surface area (Å²) < 4.78 is 4.61. The third-order valence-electron chi connectivity index (χ3n) is 2.75. The average Bonchev–Trinajstić information content (AvgIpc) is 2.38. The number of carbonyl (C=O) groups is 2. The van der Waals surface area contributed by atoms with E-state index in [1.165, 1.54) is 7.11 Å². The van der Waals surface area contributed by atoms with Gasteiger partial charge in [-0.3, -0.25) is 4.79 Å². The van der Waals surface area contributed by atoms with Crippen molar-refractivity contribution < 1.29 is 14.3 Å². The molecule has 0 bridgehead atoms. The van der Waals surface area contributed by atoms with E-state index in [-0.39, 0.29) is 5.91 Å². The van der Waals surface area contributed by atoms with E-state index < -0.39 is 11.5 Å². The molecule has 1 rings (SSSR count). The molecule has 5 heteroatoms. The molecule has 19 heavy (non-hydrogen) atoms. The number of amides is 1. The lowest BCUT2D eigenvalue weighted by molar-refractivity contribution is -0.121. The van der Waals surface area contributed by atoms with Crippen LogP contribution in [0.5, 0.6) is 0 Å². The second-order valence-corrected chi connectivity index (χ2v) is 4.68. The van der Waals surface area contributed by atoms with Gasteiger partial charge in [-0.15, -0.1) is 0 Å². The number of carbonyl (C=O) groups excluding carboxylic acids is 2. The van der Waals surface area contributed by atoms with Crippen LogP contribution in [0.1, 0.15) is 31.1 Å². The second-order valence-electron chi connectivity index (χ2n) is 4.68. The summed E-state index contributed by atoms with van der Waals surface area (Å²) >= 11 is 0. The van der Waals surface area contributed by atoms with Gasteiger partial charge in [-0.05, 0) is 44.7 Å². The Morgan fingerprint density at radius 1 is 1.21 bits per heavy atom. The molecule has 1 aromatic rings. The number of nitrogens with one attached hydrogen (secondary N) is 2. The van der Waals surface area contributed by atoms with Crippen LogP contribution in [-0.2, 0) is 9.53 Å². The first kappa shape index (κ1) is 15.2. The maximum absolute atomic E-state index is 12.0. The molecule has 0 atom stereocenters. The van der Waals surface area contributed by atoms with Crippen LogP contribution in [0.2, 0.25) is 0 Å². The van der Waals surface area contributed by atoms with Gasteiger partial charge in [0.15, 0.2) is 0 Å². The number of ether oxygens (including phenoxy) is 1. The van der Waals surface area contributed by atoms with E-state index in [4.69, 9.17) is 0 Å². The van der Waals surface area contributed by atoms with E-state index in [0.29, 0.717) is 17.8 Å². The summed E-state index contributed by atoms with van der Waals surface area (Å²) in [4.78, 5) is 23.3. The smallest absolute Gasteiger partial charge is 0.337 e. The number of likely N-dealkylation sites (N-methyl/N-ethyl adjacent to an activating group) is 1. The van der Waals surface area contributed by atoms with Gasteiger partial charge in [0.1, 0.15) is 0 Å². The number of esters is 1. The van der Waals surface area contributed by atoms with Crippen LogP contribution in [0.3, 0.4) is 0 Å². The summed E-state index contributed by atoms with van der Waals surface area (Å²) in [7, 11) is 1.33. The minimum absolute atomic E-state index is 0.125. The van der Waals surface area contributed by atoms with E-state index in [9.17, 15) is 9.59 Å². The van der Waals surface area contributed by atoms with Gasteiger partial charge in [0.25, 0.3) is 0 Å². The Balaban J connectivity index is 2.73. The summed E-state index contributed by atoms with van der Waals surface area (Å²) in [6, 6.07) is 6.57. The molecule has 2 N–H and O–H groups in total. The Morgan fingerprint density at radius 2 is 1.79 bits per heavy atom. The lowest BCUT2D eigenvalue weighted by atomic mass is 10.0. The maximum atomic E-state index is 12.0. The highest BCUT2D eigenvalue weighted by Gasteiger charge is 2.26. The standard InChI is InChI=1S/C14H20N2O3/c1-5-15-14(2,3)13(18)16-11-8-6-10(7-9-11)12(17)19-4/h6-9,15H,5H2,1-4H3,(H,16,18). The quantitative estimate of drug-likeness (QED) is 0.796. The first-order chi connectivity index (χ1) is 8.90. The summed E-state index contributed by atoms with van der Waals surface area (Å²) in [6.45, 7) is 6.28. The van der Waals surface area contributed by atoms with E-state index in [0.717, 1.165) is 0 Å². The number of methoxy groups -OCH3 is 1. The highest BCUT2D eigenvalue weighted by molar-refractivity contribution is 5.98. The Bertz CT molecular complexity index is 452. The van der Waals surface area contributed by atoms with Crippen molar-refractivity contribution in [3.05, 3.63) is 29.8 Å². The largest absolute Gasteiger partial charge is 0.465 e. The highest BCUT2D eigenvalue weighted by Crippen LogP contribution is 2.13. The molecule has 0 aliphatic carbocycles. The van der Waals surface area contributed by atoms with E-state index in [1.807, 2.05) is 20.8 Å². The van der Waals surface area contributed by atoms with E-state index >= 15 is 0 Å². The summed E-state index contributed by atoms with van der Waals surface area (Å²) in [5.74, 6) is -0.522. The Morgan fingerprint density at radius 3 is 2.26 bits per heavy atom. The molecule has 0 aromatic heterocycles. The van der Waals surface area contributed by atoms with Crippen molar-refractivity contribution in [2.75, 3.05) is 19.0 Å². The molecule has 0 fully saturated rings.